The number of rotatable bonds is 6. The number of amides is 1. The molecule has 1 heterocycles. The van der Waals surface area contributed by atoms with E-state index in [4.69, 9.17) is 27.5 Å². The molecule has 0 spiro atoms. The molecule has 1 aromatic rings. The summed E-state index contributed by atoms with van der Waals surface area (Å²) in [6, 6.07) is 3.42. The lowest BCUT2D eigenvalue weighted by atomic mass is 10.0. The number of hydrogen-bond acceptors (Lipinski definition) is 4. The van der Waals surface area contributed by atoms with E-state index in [1.54, 1.807) is 12.1 Å². The number of halogens is 1. The van der Waals surface area contributed by atoms with Gasteiger partial charge < -0.3 is 19.9 Å². The first-order valence-corrected chi connectivity index (χ1v) is 7.08. The largest absolute Gasteiger partial charge is 0.490 e. The molecule has 0 aliphatic carbocycles. The number of terminal acetylenes is 1. The number of ether oxygens (including phenoxy) is 2. The van der Waals surface area contributed by atoms with Crippen LogP contribution in [0.4, 0.5) is 5.69 Å². The van der Waals surface area contributed by atoms with Crippen LogP contribution in [-0.2, 0) is 11.2 Å². The Balaban J connectivity index is 2.25. The first kappa shape index (κ1) is 15.5. The summed E-state index contributed by atoms with van der Waals surface area (Å²) in [5, 5.41) is 12.2. The van der Waals surface area contributed by atoms with E-state index in [2.05, 4.69) is 11.2 Å². The predicted octanol–water partition coefficient (Wildman–Crippen LogP) is 1.56. The van der Waals surface area contributed by atoms with Crippen LogP contribution in [-0.4, -0.2) is 36.2 Å². The van der Waals surface area contributed by atoms with Crippen LogP contribution in [0.2, 0.25) is 0 Å². The van der Waals surface area contributed by atoms with Crippen LogP contribution in [0.5, 0.6) is 11.5 Å². The number of hydrogen-bond donors (Lipinski definition) is 2. The number of fused-ring (bicyclic) bond motifs is 1. The monoisotopic (exact) mass is 309 g/mol. The minimum atomic E-state index is -0.738. The molecule has 21 heavy (non-hydrogen) atoms. The van der Waals surface area contributed by atoms with Crippen LogP contribution in [0.25, 0.3) is 0 Å². The van der Waals surface area contributed by atoms with Gasteiger partial charge in [-0.1, -0.05) is 5.92 Å². The van der Waals surface area contributed by atoms with Gasteiger partial charge in [0.05, 0.1) is 11.6 Å². The molecule has 1 aliphatic heterocycles. The number of carbonyl (C=O) groups is 1. The number of aliphatic hydroxyl groups excluding tert-OH is 1. The molecule has 0 aromatic heterocycles. The molecule has 1 atom stereocenters. The molecule has 1 unspecified atom stereocenters. The fraction of sp³-hybridized carbons (Fsp3) is 0.400. The topological polar surface area (TPSA) is 67.8 Å². The van der Waals surface area contributed by atoms with Gasteiger partial charge in [0.2, 0.25) is 5.91 Å². The van der Waals surface area contributed by atoms with Crippen molar-refractivity contribution in [1.82, 2.24) is 0 Å². The Hall–Kier alpha value is -1.90. The van der Waals surface area contributed by atoms with Crippen molar-refractivity contribution in [3.05, 3.63) is 17.7 Å². The molecule has 0 bridgehead atoms. The zero-order chi connectivity index (χ0) is 15.2. The zero-order valence-electron chi connectivity index (χ0n) is 11.4. The van der Waals surface area contributed by atoms with Crippen molar-refractivity contribution in [2.75, 3.05) is 24.4 Å². The lowest BCUT2D eigenvalue weighted by molar-refractivity contribution is -0.116. The quantitative estimate of drug-likeness (QED) is 0.618. The van der Waals surface area contributed by atoms with E-state index < -0.39 is 6.10 Å². The Morgan fingerprint density at radius 2 is 2.14 bits per heavy atom. The molecule has 0 radical (unpaired) electrons. The van der Waals surface area contributed by atoms with E-state index >= 15 is 0 Å². The van der Waals surface area contributed by atoms with E-state index in [0.29, 0.717) is 30.0 Å². The number of carbonyl (C=O) groups excluding carboxylic acids is 1. The van der Waals surface area contributed by atoms with Gasteiger partial charge in [0, 0.05) is 12.0 Å². The molecule has 6 heteroatoms. The zero-order valence-corrected chi connectivity index (χ0v) is 12.2. The fourth-order valence-corrected chi connectivity index (χ4v) is 2.13. The van der Waals surface area contributed by atoms with Crippen LogP contribution >= 0.6 is 11.6 Å². The summed E-state index contributed by atoms with van der Waals surface area (Å²) in [6.07, 6.45) is 5.36. The maximum Gasteiger partial charge on any atom is 0.224 e. The summed E-state index contributed by atoms with van der Waals surface area (Å²) < 4.78 is 11.0. The van der Waals surface area contributed by atoms with Gasteiger partial charge in [0.25, 0.3) is 0 Å². The maximum atomic E-state index is 11.6. The van der Waals surface area contributed by atoms with Crippen molar-refractivity contribution < 1.29 is 19.4 Å². The second-order valence-corrected chi connectivity index (χ2v) is 4.88. The Kier molecular flexibility index (Phi) is 5.32. The molecule has 1 aliphatic rings. The van der Waals surface area contributed by atoms with Gasteiger partial charge in [-0.3, -0.25) is 4.79 Å². The van der Waals surface area contributed by atoms with E-state index in [1.807, 2.05) is 0 Å². The highest BCUT2D eigenvalue weighted by molar-refractivity contribution is 6.18. The van der Waals surface area contributed by atoms with Gasteiger partial charge in [-0.05, 0) is 18.6 Å². The minimum Gasteiger partial charge on any atom is -0.490 e. The first-order valence-electron chi connectivity index (χ1n) is 6.54. The summed E-state index contributed by atoms with van der Waals surface area (Å²) in [5.41, 5.74) is 1.42. The Morgan fingerprint density at radius 3 is 2.86 bits per heavy atom. The van der Waals surface area contributed by atoms with Gasteiger partial charge >= 0.3 is 0 Å². The highest BCUT2D eigenvalue weighted by Gasteiger charge is 2.23. The molecule has 0 saturated carbocycles. The maximum absolute atomic E-state index is 11.6. The molecule has 1 amide bonds. The highest BCUT2D eigenvalue weighted by atomic mass is 35.5. The van der Waals surface area contributed by atoms with Gasteiger partial charge in [-0.2, -0.15) is 0 Å². The summed E-state index contributed by atoms with van der Waals surface area (Å²) in [4.78, 5) is 11.6. The molecular weight excluding hydrogens is 294 g/mol. The SMILES string of the molecule is C#CCOc1ccc(OCC(O)CCl)c2c1NC(=O)CC2. The van der Waals surface area contributed by atoms with Crippen molar-refractivity contribution in [3.63, 3.8) is 0 Å². The number of nitrogens with one attached hydrogen (secondary N) is 1. The van der Waals surface area contributed by atoms with Gasteiger partial charge in [-0.15, -0.1) is 18.0 Å². The first-order chi connectivity index (χ1) is 10.2. The van der Waals surface area contributed by atoms with Crippen molar-refractivity contribution in [1.29, 1.82) is 0 Å². The van der Waals surface area contributed by atoms with Crippen LogP contribution < -0.4 is 14.8 Å². The molecule has 112 valence electrons. The van der Waals surface area contributed by atoms with Gasteiger partial charge in [-0.25, -0.2) is 0 Å². The van der Waals surface area contributed by atoms with Crippen LogP contribution in [0.1, 0.15) is 12.0 Å². The average molecular weight is 310 g/mol. The predicted molar refractivity (Wildman–Crippen MR) is 79.9 cm³/mol. The van der Waals surface area contributed by atoms with E-state index in [-0.39, 0.29) is 25.0 Å². The minimum absolute atomic E-state index is 0.0778. The van der Waals surface area contributed by atoms with Gasteiger partial charge in [0.15, 0.2) is 0 Å². The molecule has 2 N–H and O–H groups in total. The standard InChI is InChI=1S/C15H16ClNO4/c1-2-7-20-13-5-4-12(21-9-10(18)8-16)11-3-6-14(19)17-15(11)13/h1,4-5,10,18H,3,6-9H2,(H,17,19). The Labute approximate surface area is 128 Å². The third kappa shape index (κ3) is 3.81. The molecule has 2 rings (SSSR count). The van der Waals surface area contributed by atoms with E-state index in [0.717, 1.165) is 5.56 Å². The van der Waals surface area contributed by atoms with Gasteiger partial charge in [0.1, 0.15) is 30.8 Å². The lowest BCUT2D eigenvalue weighted by Gasteiger charge is -2.23. The number of anilines is 1. The summed E-state index contributed by atoms with van der Waals surface area (Å²) in [6.45, 7) is 0.210. The summed E-state index contributed by atoms with van der Waals surface area (Å²) in [5.74, 6) is 3.52. The number of alkyl halides is 1. The molecule has 0 saturated heterocycles. The van der Waals surface area contributed by atoms with Crippen molar-refractivity contribution in [2.24, 2.45) is 0 Å². The second-order valence-electron chi connectivity index (χ2n) is 4.58. The lowest BCUT2D eigenvalue weighted by Crippen LogP contribution is -2.23. The normalized spacial score (nSPS) is 14.6. The molecule has 1 aromatic carbocycles. The van der Waals surface area contributed by atoms with Crippen LogP contribution in [0.3, 0.4) is 0 Å². The summed E-state index contributed by atoms with van der Waals surface area (Å²) in [7, 11) is 0. The number of benzene rings is 1. The molecule has 5 nitrogen and oxygen atoms in total. The van der Waals surface area contributed by atoms with E-state index in [1.165, 1.54) is 0 Å². The van der Waals surface area contributed by atoms with Crippen molar-refractivity contribution in [3.8, 4) is 23.8 Å². The van der Waals surface area contributed by atoms with Crippen LogP contribution in [0.15, 0.2) is 12.1 Å². The Morgan fingerprint density at radius 1 is 1.38 bits per heavy atom. The van der Waals surface area contributed by atoms with Crippen molar-refractivity contribution in [2.45, 2.75) is 18.9 Å². The van der Waals surface area contributed by atoms with Crippen molar-refractivity contribution >= 4 is 23.2 Å². The average Bonchev–Trinajstić information content (AvgIpc) is 2.50. The number of aliphatic hydroxyl groups is 1. The second kappa shape index (κ2) is 7.21. The third-order valence-corrected chi connectivity index (χ3v) is 3.37. The third-order valence-electron chi connectivity index (χ3n) is 3.02. The fourth-order valence-electron chi connectivity index (χ4n) is 2.04. The van der Waals surface area contributed by atoms with E-state index in [9.17, 15) is 9.90 Å². The highest BCUT2D eigenvalue weighted by Crippen LogP contribution is 2.38. The molecule has 0 fully saturated rings. The molecular formula is C15H16ClNO4. The summed E-state index contributed by atoms with van der Waals surface area (Å²) >= 11 is 5.54. The van der Waals surface area contributed by atoms with Crippen LogP contribution in [0, 0.1) is 12.3 Å². The Bertz CT molecular complexity index is 568. The smallest absolute Gasteiger partial charge is 0.224 e.